The third kappa shape index (κ3) is 1.53. The van der Waals surface area contributed by atoms with Crippen molar-refractivity contribution in [1.82, 2.24) is 10.3 Å². The van der Waals surface area contributed by atoms with Crippen LogP contribution in [0.3, 0.4) is 0 Å². The molecule has 0 amide bonds. The summed E-state index contributed by atoms with van der Waals surface area (Å²) < 4.78 is 0. The molecule has 3 heteroatoms. The van der Waals surface area contributed by atoms with Gasteiger partial charge in [0.05, 0.1) is 0 Å². The second-order valence-corrected chi connectivity index (χ2v) is 4.07. The fraction of sp³-hybridized carbons (Fsp3) is 0.545. The van der Waals surface area contributed by atoms with Crippen LogP contribution in [0.25, 0.3) is 0 Å². The van der Waals surface area contributed by atoms with Crippen LogP contribution in [-0.2, 0) is 0 Å². The Labute approximate surface area is 84.7 Å². The number of pyridine rings is 1. The molecule has 3 N–H and O–H groups in total. The topological polar surface area (TPSA) is 50.9 Å². The number of nitrogens with two attached hydrogens (primary N) is 1. The van der Waals surface area contributed by atoms with E-state index in [1.807, 2.05) is 19.3 Å². The van der Waals surface area contributed by atoms with Crippen LogP contribution in [0, 0.1) is 5.41 Å². The molecular formula is C11H17N3. The van der Waals surface area contributed by atoms with E-state index in [1.165, 1.54) is 18.4 Å². The normalized spacial score (nSPS) is 20.4. The zero-order valence-electron chi connectivity index (χ0n) is 8.53. The molecule has 1 aromatic heterocycles. The van der Waals surface area contributed by atoms with Gasteiger partial charge in [0.1, 0.15) is 0 Å². The summed E-state index contributed by atoms with van der Waals surface area (Å²) in [6, 6.07) is 4.46. The number of hydrogen-bond acceptors (Lipinski definition) is 3. The molecule has 14 heavy (non-hydrogen) atoms. The van der Waals surface area contributed by atoms with E-state index in [0.29, 0.717) is 6.04 Å². The zero-order valence-corrected chi connectivity index (χ0v) is 8.53. The lowest BCUT2D eigenvalue weighted by Crippen LogP contribution is -2.32. The van der Waals surface area contributed by atoms with Gasteiger partial charge in [-0.2, -0.15) is 0 Å². The third-order valence-corrected chi connectivity index (χ3v) is 3.22. The molecule has 76 valence electrons. The van der Waals surface area contributed by atoms with E-state index in [1.54, 1.807) is 6.20 Å². The van der Waals surface area contributed by atoms with Crippen molar-refractivity contribution < 1.29 is 0 Å². The predicted octanol–water partition coefficient (Wildman–Crippen LogP) is 1.08. The number of rotatable bonds is 4. The Kier molecular flexibility index (Phi) is 2.52. The summed E-state index contributed by atoms with van der Waals surface area (Å²) in [5.74, 6) is 0. The summed E-state index contributed by atoms with van der Waals surface area (Å²) in [7, 11) is 1.99. The lowest BCUT2D eigenvalue weighted by Gasteiger charge is -2.25. The number of nitrogens with one attached hydrogen (secondary N) is 1. The molecule has 0 bridgehead atoms. The molecule has 0 aromatic carbocycles. The Bertz CT molecular complexity index is 293. The fourth-order valence-electron chi connectivity index (χ4n) is 2.14. The molecule has 1 unspecified atom stereocenters. The summed E-state index contributed by atoms with van der Waals surface area (Å²) in [6.45, 7) is 0.757. The molecule has 0 spiro atoms. The molecule has 2 rings (SSSR count). The highest BCUT2D eigenvalue weighted by Crippen LogP contribution is 2.53. The highest BCUT2D eigenvalue weighted by molar-refractivity contribution is 5.21. The van der Waals surface area contributed by atoms with Crippen molar-refractivity contribution in [2.45, 2.75) is 18.9 Å². The first-order valence-corrected chi connectivity index (χ1v) is 5.10. The molecule has 1 saturated carbocycles. The van der Waals surface area contributed by atoms with Crippen LogP contribution in [-0.4, -0.2) is 18.6 Å². The van der Waals surface area contributed by atoms with Crippen LogP contribution < -0.4 is 11.1 Å². The molecule has 3 nitrogen and oxygen atoms in total. The molecule has 0 radical (unpaired) electrons. The van der Waals surface area contributed by atoms with Crippen LogP contribution in [0.4, 0.5) is 0 Å². The van der Waals surface area contributed by atoms with Gasteiger partial charge in [0.15, 0.2) is 0 Å². The number of hydrogen-bond donors (Lipinski definition) is 2. The lowest BCUT2D eigenvalue weighted by atomic mass is 9.91. The average Bonchev–Trinajstić information content (AvgIpc) is 3.02. The van der Waals surface area contributed by atoms with E-state index in [9.17, 15) is 0 Å². The van der Waals surface area contributed by atoms with E-state index in [2.05, 4.69) is 16.4 Å². The van der Waals surface area contributed by atoms with Crippen LogP contribution in [0.15, 0.2) is 24.5 Å². The van der Waals surface area contributed by atoms with Crippen molar-refractivity contribution in [3.8, 4) is 0 Å². The minimum absolute atomic E-state index is 0.289. The summed E-state index contributed by atoms with van der Waals surface area (Å²) >= 11 is 0. The molecule has 0 aliphatic heterocycles. The van der Waals surface area contributed by atoms with Crippen molar-refractivity contribution in [3.63, 3.8) is 0 Å². The van der Waals surface area contributed by atoms with E-state index in [4.69, 9.17) is 5.73 Å². The van der Waals surface area contributed by atoms with E-state index in [0.717, 1.165) is 6.54 Å². The number of nitrogens with zero attached hydrogens (tertiary/aromatic N) is 1. The predicted molar refractivity (Wildman–Crippen MR) is 56.8 cm³/mol. The van der Waals surface area contributed by atoms with Crippen LogP contribution in [0.1, 0.15) is 24.4 Å². The lowest BCUT2D eigenvalue weighted by molar-refractivity contribution is 0.366. The van der Waals surface area contributed by atoms with Crippen molar-refractivity contribution in [1.29, 1.82) is 0 Å². The highest BCUT2D eigenvalue weighted by Gasteiger charge is 2.48. The first-order chi connectivity index (χ1) is 6.82. The molecule has 1 aliphatic carbocycles. The summed E-state index contributed by atoms with van der Waals surface area (Å²) in [4.78, 5) is 4.15. The summed E-state index contributed by atoms with van der Waals surface area (Å²) in [6.07, 6.45) is 6.18. The van der Waals surface area contributed by atoms with Gasteiger partial charge < -0.3 is 11.1 Å². The largest absolute Gasteiger partial charge is 0.330 e. The average molecular weight is 191 g/mol. The van der Waals surface area contributed by atoms with Crippen LogP contribution in [0.5, 0.6) is 0 Å². The van der Waals surface area contributed by atoms with E-state index in [-0.39, 0.29) is 5.41 Å². The van der Waals surface area contributed by atoms with Gasteiger partial charge in [0, 0.05) is 23.9 Å². The summed E-state index contributed by atoms with van der Waals surface area (Å²) in [5.41, 5.74) is 7.36. The standard InChI is InChI=1S/C11H17N3/c1-13-10(11(8-12)4-5-11)9-3-2-6-14-7-9/h2-3,6-7,10,13H,4-5,8,12H2,1H3. The Morgan fingerprint density at radius 1 is 1.64 bits per heavy atom. The molecule has 0 saturated heterocycles. The van der Waals surface area contributed by atoms with Crippen molar-refractivity contribution in [3.05, 3.63) is 30.1 Å². The van der Waals surface area contributed by atoms with Gasteiger partial charge in [-0.25, -0.2) is 0 Å². The van der Waals surface area contributed by atoms with Gasteiger partial charge in [-0.3, -0.25) is 4.98 Å². The molecule has 1 aliphatic rings. The second-order valence-electron chi connectivity index (χ2n) is 4.07. The van der Waals surface area contributed by atoms with Crippen molar-refractivity contribution in [2.75, 3.05) is 13.6 Å². The van der Waals surface area contributed by atoms with Gasteiger partial charge in [-0.05, 0) is 38.1 Å². The second kappa shape index (κ2) is 3.67. The molecule has 1 aromatic rings. The number of aromatic nitrogens is 1. The molecule has 1 heterocycles. The molecule has 1 fully saturated rings. The summed E-state index contributed by atoms with van der Waals surface area (Å²) in [5, 5.41) is 3.35. The third-order valence-electron chi connectivity index (χ3n) is 3.22. The first-order valence-electron chi connectivity index (χ1n) is 5.10. The maximum atomic E-state index is 5.82. The Morgan fingerprint density at radius 3 is 2.86 bits per heavy atom. The van der Waals surface area contributed by atoms with Crippen molar-refractivity contribution in [2.24, 2.45) is 11.1 Å². The maximum Gasteiger partial charge on any atom is 0.0402 e. The zero-order chi connectivity index (χ0) is 10.0. The van der Waals surface area contributed by atoms with Gasteiger partial charge in [0.2, 0.25) is 0 Å². The van der Waals surface area contributed by atoms with E-state index < -0.39 is 0 Å². The maximum absolute atomic E-state index is 5.82. The molecular weight excluding hydrogens is 174 g/mol. The van der Waals surface area contributed by atoms with Crippen LogP contribution in [0.2, 0.25) is 0 Å². The smallest absolute Gasteiger partial charge is 0.0402 e. The monoisotopic (exact) mass is 191 g/mol. The SMILES string of the molecule is CNC(c1cccnc1)C1(CN)CC1. The Hall–Kier alpha value is -0.930. The van der Waals surface area contributed by atoms with Gasteiger partial charge in [-0.15, -0.1) is 0 Å². The van der Waals surface area contributed by atoms with Crippen LogP contribution >= 0.6 is 0 Å². The van der Waals surface area contributed by atoms with Crippen molar-refractivity contribution >= 4 is 0 Å². The van der Waals surface area contributed by atoms with Gasteiger partial charge >= 0.3 is 0 Å². The highest BCUT2D eigenvalue weighted by atomic mass is 14.9. The fourth-order valence-corrected chi connectivity index (χ4v) is 2.14. The van der Waals surface area contributed by atoms with E-state index >= 15 is 0 Å². The van der Waals surface area contributed by atoms with Gasteiger partial charge in [-0.1, -0.05) is 6.07 Å². The minimum atomic E-state index is 0.289. The van der Waals surface area contributed by atoms with Gasteiger partial charge in [0.25, 0.3) is 0 Å². The Morgan fingerprint density at radius 2 is 2.43 bits per heavy atom. The quantitative estimate of drug-likeness (QED) is 0.748. The molecule has 1 atom stereocenters. The minimum Gasteiger partial charge on any atom is -0.330 e. The first kappa shape index (κ1) is 9.62. The Balaban J connectivity index is 2.22.